The van der Waals surface area contributed by atoms with Crippen LogP contribution in [0.1, 0.15) is 11.1 Å². The van der Waals surface area contributed by atoms with E-state index in [-0.39, 0.29) is 6.61 Å². The minimum Gasteiger partial charge on any atom is -0.491 e. The number of aromatic nitrogens is 2. The number of aliphatic hydroxyl groups is 1. The quantitative estimate of drug-likeness (QED) is 0.669. The third kappa shape index (κ3) is 4.22. The molecule has 0 atom stereocenters. The number of nitrogens with zero attached hydrogens (tertiary/aromatic N) is 2. The number of hydrogen-bond donors (Lipinski definition) is 2. The average Bonchev–Trinajstić information content (AvgIpc) is 3.16. The van der Waals surface area contributed by atoms with Crippen molar-refractivity contribution < 1.29 is 9.84 Å². The smallest absolute Gasteiger partial charge is 0.123 e. The standard InChI is InChI=1S/C19H21N3O2/c23-11-12-24-19-4-2-1-3-17(19)14-21-13-16-5-7-18(8-6-16)22-10-9-20-15-22/h1-10,15,21,23H,11-14H2. The van der Waals surface area contributed by atoms with Crippen LogP contribution in [0, 0.1) is 0 Å². The molecule has 3 rings (SSSR count). The van der Waals surface area contributed by atoms with Gasteiger partial charge in [0, 0.05) is 36.7 Å². The van der Waals surface area contributed by atoms with Gasteiger partial charge in [0.25, 0.3) is 0 Å². The van der Waals surface area contributed by atoms with Crippen molar-refractivity contribution in [3.63, 3.8) is 0 Å². The second-order valence-electron chi connectivity index (χ2n) is 5.42. The first-order valence-electron chi connectivity index (χ1n) is 7.96. The minimum absolute atomic E-state index is 0.0189. The molecule has 2 aromatic carbocycles. The summed E-state index contributed by atoms with van der Waals surface area (Å²) in [6, 6.07) is 16.3. The number of benzene rings is 2. The van der Waals surface area contributed by atoms with Crippen LogP contribution in [-0.2, 0) is 13.1 Å². The first-order chi connectivity index (χ1) is 11.9. The molecule has 0 unspecified atom stereocenters. The number of hydrogen-bond acceptors (Lipinski definition) is 4. The number of imidazole rings is 1. The van der Waals surface area contributed by atoms with Crippen LogP contribution >= 0.6 is 0 Å². The van der Waals surface area contributed by atoms with Crippen molar-refractivity contribution in [2.75, 3.05) is 13.2 Å². The summed E-state index contributed by atoms with van der Waals surface area (Å²) < 4.78 is 7.53. The van der Waals surface area contributed by atoms with Crippen molar-refractivity contribution in [2.24, 2.45) is 0 Å². The summed E-state index contributed by atoms with van der Waals surface area (Å²) in [5.41, 5.74) is 3.40. The molecule has 1 heterocycles. The van der Waals surface area contributed by atoms with Gasteiger partial charge in [-0.3, -0.25) is 0 Å². The zero-order valence-corrected chi connectivity index (χ0v) is 13.4. The lowest BCUT2D eigenvalue weighted by atomic mass is 10.1. The second-order valence-corrected chi connectivity index (χ2v) is 5.42. The normalized spacial score (nSPS) is 10.7. The SMILES string of the molecule is OCCOc1ccccc1CNCc1ccc(-n2ccnc2)cc1. The van der Waals surface area contributed by atoms with Crippen LogP contribution in [0.25, 0.3) is 5.69 Å². The van der Waals surface area contributed by atoms with Crippen molar-refractivity contribution in [1.29, 1.82) is 0 Å². The maximum atomic E-state index is 8.89. The second kappa shape index (κ2) is 8.29. The molecule has 0 saturated heterocycles. The van der Waals surface area contributed by atoms with Gasteiger partial charge in [-0.05, 0) is 23.8 Å². The van der Waals surface area contributed by atoms with Crippen molar-refractivity contribution in [3.8, 4) is 11.4 Å². The predicted molar refractivity (Wildman–Crippen MR) is 93.1 cm³/mol. The number of aliphatic hydroxyl groups excluding tert-OH is 1. The van der Waals surface area contributed by atoms with Crippen LogP contribution in [0.2, 0.25) is 0 Å². The van der Waals surface area contributed by atoms with Gasteiger partial charge in [0.1, 0.15) is 12.4 Å². The molecule has 2 N–H and O–H groups in total. The molecule has 0 aliphatic carbocycles. The summed E-state index contributed by atoms with van der Waals surface area (Å²) in [5, 5.41) is 12.3. The van der Waals surface area contributed by atoms with Crippen molar-refractivity contribution >= 4 is 0 Å². The third-order valence-electron chi connectivity index (χ3n) is 3.70. The van der Waals surface area contributed by atoms with Gasteiger partial charge in [0.15, 0.2) is 0 Å². The van der Waals surface area contributed by atoms with Gasteiger partial charge in [-0.2, -0.15) is 0 Å². The average molecular weight is 323 g/mol. The van der Waals surface area contributed by atoms with Gasteiger partial charge in [-0.25, -0.2) is 4.98 Å². The maximum Gasteiger partial charge on any atom is 0.123 e. The molecule has 24 heavy (non-hydrogen) atoms. The Labute approximate surface area is 141 Å². The fourth-order valence-corrected chi connectivity index (χ4v) is 2.49. The van der Waals surface area contributed by atoms with E-state index in [2.05, 4.69) is 34.6 Å². The van der Waals surface area contributed by atoms with Gasteiger partial charge in [-0.15, -0.1) is 0 Å². The van der Waals surface area contributed by atoms with E-state index in [0.717, 1.165) is 23.5 Å². The van der Waals surface area contributed by atoms with Crippen LogP contribution in [0.5, 0.6) is 5.75 Å². The molecule has 0 saturated carbocycles. The summed E-state index contributed by atoms with van der Waals surface area (Å²) in [5.74, 6) is 0.814. The molecule has 124 valence electrons. The highest BCUT2D eigenvalue weighted by Gasteiger charge is 2.03. The molecular formula is C19H21N3O2. The van der Waals surface area contributed by atoms with E-state index in [1.54, 1.807) is 12.5 Å². The Kier molecular flexibility index (Phi) is 5.61. The molecule has 1 aromatic heterocycles. The Morgan fingerprint density at radius 1 is 1.04 bits per heavy atom. The number of nitrogens with one attached hydrogen (secondary N) is 1. The fraction of sp³-hybridized carbons (Fsp3) is 0.211. The van der Waals surface area contributed by atoms with Crippen LogP contribution in [0.3, 0.4) is 0 Å². The van der Waals surface area contributed by atoms with Crippen LogP contribution in [0.4, 0.5) is 0 Å². The van der Waals surface area contributed by atoms with Gasteiger partial charge in [0.05, 0.1) is 12.9 Å². The molecule has 0 fully saturated rings. The first-order valence-corrected chi connectivity index (χ1v) is 7.96. The Balaban J connectivity index is 1.55. The van der Waals surface area contributed by atoms with E-state index in [1.807, 2.05) is 35.0 Å². The molecule has 0 aliphatic rings. The third-order valence-corrected chi connectivity index (χ3v) is 3.70. The highest BCUT2D eigenvalue weighted by Crippen LogP contribution is 2.18. The highest BCUT2D eigenvalue weighted by atomic mass is 16.5. The topological polar surface area (TPSA) is 59.3 Å². The zero-order valence-electron chi connectivity index (χ0n) is 13.4. The molecule has 0 aliphatic heterocycles. The van der Waals surface area contributed by atoms with E-state index in [0.29, 0.717) is 13.2 Å². The van der Waals surface area contributed by atoms with Crippen molar-refractivity contribution in [2.45, 2.75) is 13.1 Å². The van der Waals surface area contributed by atoms with E-state index in [9.17, 15) is 0 Å². The Hall–Kier alpha value is -2.63. The fourth-order valence-electron chi connectivity index (χ4n) is 2.49. The van der Waals surface area contributed by atoms with Crippen LogP contribution < -0.4 is 10.1 Å². The Bertz CT molecular complexity index is 740. The molecule has 0 bridgehead atoms. The van der Waals surface area contributed by atoms with E-state index in [4.69, 9.17) is 9.84 Å². The number of ether oxygens (including phenoxy) is 1. The largest absolute Gasteiger partial charge is 0.491 e. The van der Waals surface area contributed by atoms with Gasteiger partial charge in [0.2, 0.25) is 0 Å². The maximum absolute atomic E-state index is 8.89. The molecule has 0 amide bonds. The molecule has 5 heteroatoms. The Morgan fingerprint density at radius 2 is 1.88 bits per heavy atom. The highest BCUT2D eigenvalue weighted by molar-refractivity contribution is 5.35. The van der Waals surface area contributed by atoms with Gasteiger partial charge >= 0.3 is 0 Å². The Morgan fingerprint density at radius 3 is 2.62 bits per heavy atom. The molecule has 0 spiro atoms. The number of rotatable bonds is 8. The summed E-state index contributed by atoms with van der Waals surface area (Å²) >= 11 is 0. The predicted octanol–water partition coefficient (Wildman–Crippen LogP) is 2.53. The molecule has 3 aromatic rings. The van der Waals surface area contributed by atoms with Gasteiger partial charge < -0.3 is 19.7 Å². The molecule has 5 nitrogen and oxygen atoms in total. The molecular weight excluding hydrogens is 302 g/mol. The van der Waals surface area contributed by atoms with Crippen molar-refractivity contribution in [3.05, 3.63) is 78.4 Å². The van der Waals surface area contributed by atoms with Crippen molar-refractivity contribution in [1.82, 2.24) is 14.9 Å². The monoisotopic (exact) mass is 323 g/mol. The van der Waals surface area contributed by atoms with Crippen LogP contribution in [0.15, 0.2) is 67.3 Å². The molecule has 0 radical (unpaired) electrons. The lowest BCUT2D eigenvalue weighted by Gasteiger charge is -2.11. The number of para-hydroxylation sites is 1. The van der Waals surface area contributed by atoms with Gasteiger partial charge in [-0.1, -0.05) is 30.3 Å². The van der Waals surface area contributed by atoms with E-state index >= 15 is 0 Å². The van der Waals surface area contributed by atoms with Crippen LogP contribution in [-0.4, -0.2) is 27.9 Å². The lowest BCUT2D eigenvalue weighted by Crippen LogP contribution is -2.14. The summed E-state index contributed by atoms with van der Waals surface area (Å²) in [6.07, 6.45) is 5.49. The lowest BCUT2D eigenvalue weighted by molar-refractivity contribution is 0.200. The summed E-state index contributed by atoms with van der Waals surface area (Å²) in [6.45, 7) is 1.82. The first kappa shape index (κ1) is 16.2. The minimum atomic E-state index is 0.0189. The summed E-state index contributed by atoms with van der Waals surface area (Å²) in [4.78, 5) is 4.06. The van der Waals surface area contributed by atoms with E-state index < -0.39 is 0 Å². The zero-order chi connectivity index (χ0) is 16.6. The summed E-state index contributed by atoms with van der Waals surface area (Å²) in [7, 11) is 0. The van der Waals surface area contributed by atoms with E-state index in [1.165, 1.54) is 5.56 Å².